The van der Waals surface area contributed by atoms with Crippen LogP contribution in [-0.2, 0) is 9.53 Å². The lowest BCUT2D eigenvalue weighted by Gasteiger charge is -2.10. The van der Waals surface area contributed by atoms with Gasteiger partial charge in [-0.15, -0.1) is 0 Å². The van der Waals surface area contributed by atoms with Crippen LogP contribution in [0.2, 0.25) is 0 Å². The molecule has 2 aromatic carbocycles. The molecule has 0 spiro atoms. The molecule has 0 bridgehead atoms. The molecule has 9 nitrogen and oxygen atoms in total. The van der Waals surface area contributed by atoms with Gasteiger partial charge in [-0.2, -0.15) is 0 Å². The number of amides is 3. The van der Waals surface area contributed by atoms with Gasteiger partial charge in [0, 0.05) is 11.1 Å². The SMILES string of the molecule is COc1ccc(NC(=O)NC(=O)COC(=O)c2cc(-c3ccco3)nc3ccccc23)cc1. The van der Waals surface area contributed by atoms with Crippen molar-refractivity contribution in [1.82, 2.24) is 10.3 Å². The van der Waals surface area contributed by atoms with E-state index in [0.29, 0.717) is 33.8 Å². The molecule has 0 fully saturated rings. The van der Waals surface area contributed by atoms with Crippen molar-refractivity contribution in [3.05, 3.63) is 78.6 Å². The van der Waals surface area contributed by atoms with Crippen molar-refractivity contribution in [3.8, 4) is 17.2 Å². The molecule has 2 heterocycles. The third kappa shape index (κ3) is 5.16. The summed E-state index contributed by atoms with van der Waals surface area (Å²) < 4.78 is 15.6. The molecule has 0 radical (unpaired) electrons. The number of hydrogen-bond acceptors (Lipinski definition) is 7. The number of rotatable bonds is 6. The first kappa shape index (κ1) is 21.6. The van der Waals surface area contributed by atoms with E-state index in [1.807, 2.05) is 0 Å². The number of urea groups is 1. The average molecular weight is 445 g/mol. The second-order valence-electron chi connectivity index (χ2n) is 6.86. The Hall–Kier alpha value is -4.66. The molecular weight excluding hydrogens is 426 g/mol. The number of pyridine rings is 1. The zero-order valence-electron chi connectivity index (χ0n) is 17.5. The number of anilines is 1. The van der Waals surface area contributed by atoms with Crippen molar-refractivity contribution in [2.75, 3.05) is 19.0 Å². The molecule has 33 heavy (non-hydrogen) atoms. The van der Waals surface area contributed by atoms with Gasteiger partial charge < -0.3 is 19.2 Å². The molecule has 0 saturated carbocycles. The minimum Gasteiger partial charge on any atom is -0.497 e. The third-order valence-electron chi connectivity index (χ3n) is 4.64. The van der Waals surface area contributed by atoms with Gasteiger partial charge in [0.1, 0.15) is 11.4 Å². The highest BCUT2D eigenvalue weighted by atomic mass is 16.5. The summed E-state index contributed by atoms with van der Waals surface area (Å²) in [6, 6.07) is 17.8. The smallest absolute Gasteiger partial charge is 0.339 e. The number of fused-ring (bicyclic) bond motifs is 1. The summed E-state index contributed by atoms with van der Waals surface area (Å²) in [7, 11) is 1.53. The fourth-order valence-corrected chi connectivity index (χ4v) is 3.10. The summed E-state index contributed by atoms with van der Waals surface area (Å²) in [6.07, 6.45) is 1.51. The molecule has 9 heteroatoms. The molecule has 2 N–H and O–H groups in total. The quantitative estimate of drug-likeness (QED) is 0.430. The fraction of sp³-hybridized carbons (Fsp3) is 0.0833. The normalized spacial score (nSPS) is 10.5. The Morgan fingerprint density at radius 2 is 1.79 bits per heavy atom. The van der Waals surface area contributed by atoms with Crippen LogP contribution in [0.25, 0.3) is 22.4 Å². The maximum atomic E-state index is 12.7. The minimum absolute atomic E-state index is 0.225. The highest BCUT2D eigenvalue weighted by molar-refractivity contribution is 6.06. The zero-order chi connectivity index (χ0) is 23.2. The number of ether oxygens (including phenoxy) is 2. The number of methoxy groups -OCH3 is 1. The number of hydrogen-bond donors (Lipinski definition) is 2. The van der Waals surface area contributed by atoms with Gasteiger partial charge >= 0.3 is 12.0 Å². The summed E-state index contributed by atoms with van der Waals surface area (Å²) >= 11 is 0. The maximum absolute atomic E-state index is 12.7. The van der Waals surface area contributed by atoms with Crippen LogP contribution in [0.1, 0.15) is 10.4 Å². The van der Waals surface area contributed by atoms with Crippen molar-refractivity contribution in [3.63, 3.8) is 0 Å². The van der Waals surface area contributed by atoms with Crippen molar-refractivity contribution >= 4 is 34.5 Å². The van der Waals surface area contributed by atoms with E-state index >= 15 is 0 Å². The average Bonchev–Trinajstić information content (AvgIpc) is 3.37. The minimum atomic E-state index is -0.779. The van der Waals surface area contributed by atoms with E-state index in [0.717, 1.165) is 0 Å². The third-order valence-corrected chi connectivity index (χ3v) is 4.64. The van der Waals surface area contributed by atoms with E-state index in [-0.39, 0.29) is 5.56 Å². The van der Waals surface area contributed by atoms with Gasteiger partial charge in [0.05, 0.1) is 24.5 Å². The largest absolute Gasteiger partial charge is 0.497 e. The van der Waals surface area contributed by atoms with E-state index in [1.165, 1.54) is 19.4 Å². The topological polar surface area (TPSA) is 120 Å². The molecule has 0 unspecified atom stereocenters. The first-order chi connectivity index (χ1) is 16.0. The van der Waals surface area contributed by atoms with E-state index in [2.05, 4.69) is 15.6 Å². The lowest BCUT2D eigenvalue weighted by molar-refractivity contribution is -0.123. The predicted molar refractivity (Wildman–Crippen MR) is 120 cm³/mol. The molecule has 2 aromatic heterocycles. The van der Waals surface area contributed by atoms with Gasteiger partial charge in [-0.1, -0.05) is 18.2 Å². The zero-order valence-corrected chi connectivity index (χ0v) is 17.5. The van der Waals surface area contributed by atoms with Gasteiger partial charge in [0.25, 0.3) is 5.91 Å². The first-order valence-corrected chi connectivity index (χ1v) is 9.89. The van der Waals surface area contributed by atoms with E-state index in [1.54, 1.807) is 60.7 Å². The number of esters is 1. The Balaban J connectivity index is 1.41. The molecule has 3 amide bonds. The van der Waals surface area contributed by atoms with E-state index in [9.17, 15) is 14.4 Å². The standard InChI is InChI=1S/C24H19N3O6/c1-31-16-10-8-15(9-11-16)25-24(30)27-22(28)14-33-23(29)18-13-20(21-7-4-12-32-21)26-19-6-3-2-5-17(18)19/h2-13H,14H2,1H3,(H2,25,27,28,30). The number of para-hydroxylation sites is 1. The number of nitrogens with one attached hydrogen (secondary N) is 2. The number of imide groups is 1. The summed E-state index contributed by atoms with van der Waals surface area (Å²) in [4.78, 5) is 41.4. The van der Waals surface area contributed by atoms with Crippen molar-refractivity contribution in [2.24, 2.45) is 0 Å². The van der Waals surface area contributed by atoms with Gasteiger partial charge in [0.2, 0.25) is 0 Å². The van der Waals surface area contributed by atoms with Crippen LogP contribution in [0.15, 0.2) is 77.4 Å². The van der Waals surface area contributed by atoms with Crippen LogP contribution in [0.4, 0.5) is 10.5 Å². The van der Waals surface area contributed by atoms with Crippen LogP contribution in [0.5, 0.6) is 5.75 Å². The molecule has 0 aliphatic rings. The lowest BCUT2D eigenvalue weighted by atomic mass is 10.1. The Kier molecular flexibility index (Phi) is 6.31. The molecular formula is C24H19N3O6. The molecule has 0 saturated heterocycles. The number of benzene rings is 2. The summed E-state index contributed by atoms with van der Waals surface area (Å²) in [6.45, 7) is -0.637. The maximum Gasteiger partial charge on any atom is 0.339 e. The summed E-state index contributed by atoms with van der Waals surface area (Å²) in [5.74, 6) is -0.392. The number of nitrogens with zero attached hydrogens (tertiary/aromatic N) is 1. The molecule has 4 rings (SSSR count). The van der Waals surface area contributed by atoms with Crippen molar-refractivity contribution < 1.29 is 28.3 Å². The van der Waals surface area contributed by atoms with Crippen LogP contribution < -0.4 is 15.4 Å². The number of furan rings is 1. The van der Waals surface area contributed by atoms with Gasteiger partial charge in [-0.25, -0.2) is 14.6 Å². The molecule has 166 valence electrons. The monoisotopic (exact) mass is 445 g/mol. The molecule has 4 aromatic rings. The predicted octanol–water partition coefficient (Wildman–Crippen LogP) is 4.01. The van der Waals surface area contributed by atoms with E-state index < -0.39 is 24.5 Å². The van der Waals surface area contributed by atoms with Gasteiger partial charge in [-0.05, 0) is 48.5 Å². The Labute approximate surface area is 188 Å². The molecule has 0 aliphatic carbocycles. The van der Waals surface area contributed by atoms with Crippen LogP contribution in [-0.4, -0.2) is 36.6 Å². The molecule has 0 aliphatic heterocycles. The van der Waals surface area contributed by atoms with Crippen LogP contribution >= 0.6 is 0 Å². The Morgan fingerprint density at radius 1 is 1.00 bits per heavy atom. The van der Waals surface area contributed by atoms with Crippen molar-refractivity contribution in [2.45, 2.75) is 0 Å². The first-order valence-electron chi connectivity index (χ1n) is 9.89. The second-order valence-corrected chi connectivity index (χ2v) is 6.86. The molecule has 0 atom stereocenters. The second kappa shape index (κ2) is 9.65. The van der Waals surface area contributed by atoms with Gasteiger partial charge in [-0.3, -0.25) is 10.1 Å². The highest BCUT2D eigenvalue weighted by Crippen LogP contribution is 2.25. The summed E-state index contributed by atoms with van der Waals surface area (Å²) in [5, 5.41) is 5.18. The Bertz CT molecular complexity index is 1300. The van der Waals surface area contributed by atoms with Crippen LogP contribution in [0, 0.1) is 0 Å². The van der Waals surface area contributed by atoms with Crippen LogP contribution in [0.3, 0.4) is 0 Å². The van der Waals surface area contributed by atoms with Gasteiger partial charge in [0.15, 0.2) is 12.4 Å². The number of carbonyl (C=O) groups is 3. The Morgan fingerprint density at radius 3 is 2.52 bits per heavy atom. The lowest BCUT2D eigenvalue weighted by Crippen LogP contribution is -2.37. The number of aromatic nitrogens is 1. The highest BCUT2D eigenvalue weighted by Gasteiger charge is 2.18. The fourth-order valence-electron chi connectivity index (χ4n) is 3.10. The van der Waals surface area contributed by atoms with Crippen molar-refractivity contribution in [1.29, 1.82) is 0 Å². The number of carbonyl (C=O) groups excluding carboxylic acids is 3. The summed E-state index contributed by atoms with van der Waals surface area (Å²) in [5.41, 5.74) is 1.71. The van der Waals surface area contributed by atoms with E-state index in [4.69, 9.17) is 13.9 Å².